The quantitative estimate of drug-likeness (QED) is 0.260. The van der Waals surface area contributed by atoms with Crippen LogP contribution in [0.2, 0.25) is 0 Å². The van der Waals surface area contributed by atoms with Crippen LogP contribution in [0, 0.1) is 12.8 Å². The summed E-state index contributed by atoms with van der Waals surface area (Å²) in [5, 5.41) is 8.67. The Hall–Kier alpha value is -2.98. The Bertz CT molecular complexity index is 1360. The highest BCUT2D eigenvalue weighted by Crippen LogP contribution is 2.52. The average molecular weight is 577 g/mol. The van der Waals surface area contributed by atoms with Crippen molar-refractivity contribution in [1.29, 1.82) is 0 Å². The smallest absolute Gasteiger partial charge is 0.380 e. The predicted molar refractivity (Wildman–Crippen MR) is 145 cm³/mol. The summed E-state index contributed by atoms with van der Waals surface area (Å²) in [6.45, 7) is 2.93. The number of aryl methyl sites for hydroxylation is 1. The maximum atomic E-state index is 15.0. The number of para-hydroxylation sites is 1. The van der Waals surface area contributed by atoms with Crippen LogP contribution in [0.25, 0.3) is 0 Å². The van der Waals surface area contributed by atoms with Crippen LogP contribution < -0.4 is 10.2 Å². The van der Waals surface area contributed by atoms with E-state index in [9.17, 15) is 19.3 Å². The maximum absolute atomic E-state index is 15.0. The van der Waals surface area contributed by atoms with Crippen molar-refractivity contribution < 1.29 is 32.6 Å². The number of aliphatic hydroxyl groups is 1. The summed E-state index contributed by atoms with van der Waals surface area (Å²) in [7, 11) is -3.98. The Balaban J connectivity index is 1.44. The maximum Gasteiger partial charge on any atom is 0.380 e. The number of carbonyl (C=O) groups is 1. The Labute approximate surface area is 229 Å². The fourth-order valence-electron chi connectivity index (χ4n) is 3.98. The van der Waals surface area contributed by atoms with E-state index >= 15 is 4.39 Å². The van der Waals surface area contributed by atoms with Gasteiger partial charge in [-0.05, 0) is 30.7 Å². The van der Waals surface area contributed by atoms with Gasteiger partial charge < -0.3 is 14.4 Å². The number of thioether (sulfide) groups is 1. The third kappa shape index (κ3) is 7.57. The van der Waals surface area contributed by atoms with Crippen LogP contribution in [0.1, 0.15) is 23.6 Å². The molecule has 0 amide bonds. The zero-order valence-corrected chi connectivity index (χ0v) is 23.2. The van der Waals surface area contributed by atoms with E-state index in [0.717, 1.165) is 21.9 Å². The lowest BCUT2D eigenvalue weighted by atomic mass is 10.1. The Kier molecular flexibility index (Phi) is 9.61. The first-order valence-electron chi connectivity index (χ1n) is 12.4. The molecule has 208 valence electrons. The molecule has 1 aliphatic rings. The SMILES string of the molecule is Cc1ccn([C@@H]2S[C@H](COP(=O)(C[C@@H](C)C(=O)OCc3ccccc3)Oc3ccccc3)[C@@H](O)[C@@H]2F)c(=O)n1. The number of nitrogens with zero attached hydrogens (tertiary/aromatic N) is 2. The number of carbonyl (C=O) groups excluding carboxylic acids is 1. The largest absolute Gasteiger partial charge is 0.461 e. The summed E-state index contributed by atoms with van der Waals surface area (Å²) < 4.78 is 46.8. The van der Waals surface area contributed by atoms with Gasteiger partial charge in [-0.15, -0.1) is 11.8 Å². The van der Waals surface area contributed by atoms with Gasteiger partial charge in [0.1, 0.15) is 23.8 Å². The van der Waals surface area contributed by atoms with Gasteiger partial charge in [-0.3, -0.25) is 13.9 Å². The van der Waals surface area contributed by atoms with Gasteiger partial charge >= 0.3 is 19.3 Å². The summed E-state index contributed by atoms with van der Waals surface area (Å²) in [4.78, 5) is 28.8. The zero-order valence-electron chi connectivity index (χ0n) is 21.5. The van der Waals surface area contributed by atoms with E-state index < -0.39 is 48.1 Å². The van der Waals surface area contributed by atoms with Gasteiger partial charge in [0.2, 0.25) is 0 Å². The monoisotopic (exact) mass is 576 g/mol. The van der Waals surface area contributed by atoms with E-state index in [4.69, 9.17) is 13.8 Å². The standard InChI is InChI=1S/C27H30FN2O7PS/c1-18(26(32)35-15-20-9-5-3-6-10-20)17-38(34,37-21-11-7-4-8-12-21)36-16-22-24(31)23(28)25(39-22)30-14-13-19(2)29-27(30)33/h3-14,18,22-25,31H,15-17H2,1-2H3/t18-,22-,23+,24-,25-,38?/m1/s1. The molecule has 0 bridgehead atoms. The minimum Gasteiger partial charge on any atom is -0.461 e. The van der Waals surface area contributed by atoms with Crippen LogP contribution >= 0.6 is 19.4 Å². The first kappa shape index (κ1) is 29.0. The molecule has 0 radical (unpaired) electrons. The molecule has 6 atom stereocenters. The van der Waals surface area contributed by atoms with E-state index in [0.29, 0.717) is 5.69 Å². The van der Waals surface area contributed by atoms with Gasteiger partial charge in [0.25, 0.3) is 0 Å². The third-order valence-corrected chi connectivity index (χ3v) is 9.64. The Morgan fingerprint density at radius 3 is 2.49 bits per heavy atom. The molecule has 3 aromatic rings. The Morgan fingerprint density at radius 1 is 1.15 bits per heavy atom. The van der Waals surface area contributed by atoms with Crippen molar-refractivity contribution >= 4 is 25.3 Å². The highest BCUT2D eigenvalue weighted by Gasteiger charge is 2.46. The number of benzene rings is 2. The van der Waals surface area contributed by atoms with Crippen LogP contribution in [0.3, 0.4) is 0 Å². The molecule has 1 unspecified atom stereocenters. The van der Waals surface area contributed by atoms with E-state index in [-0.39, 0.29) is 25.1 Å². The second-order valence-electron chi connectivity index (χ2n) is 9.25. The van der Waals surface area contributed by atoms with Crippen molar-refractivity contribution in [3.63, 3.8) is 0 Å². The van der Waals surface area contributed by atoms with Gasteiger partial charge in [0, 0.05) is 11.9 Å². The second kappa shape index (κ2) is 12.9. The first-order chi connectivity index (χ1) is 18.6. The molecule has 2 aromatic carbocycles. The fraction of sp³-hybridized carbons (Fsp3) is 0.370. The minimum absolute atomic E-state index is 0.0616. The first-order valence-corrected chi connectivity index (χ1v) is 15.0. The number of rotatable bonds is 11. The molecule has 1 aromatic heterocycles. The van der Waals surface area contributed by atoms with E-state index in [1.807, 2.05) is 30.3 Å². The predicted octanol–water partition coefficient (Wildman–Crippen LogP) is 4.53. The molecular weight excluding hydrogens is 546 g/mol. The molecule has 4 rings (SSSR count). The van der Waals surface area contributed by atoms with E-state index in [1.54, 1.807) is 50.2 Å². The molecule has 9 nitrogen and oxygen atoms in total. The van der Waals surface area contributed by atoms with Crippen LogP contribution in [-0.4, -0.2) is 50.9 Å². The number of ether oxygens (including phenoxy) is 1. The Morgan fingerprint density at radius 2 is 1.82 bits per heavy atom. The zero-order chi connectivity index (χ0) is 28.0. The summed E-state index contributed by atoms with van der Waals surface area (Å²) in [5.41, 5.74) is 0.666. The van der Waals surface area contributed by atoms with Crippen LogP contribution in [-0.2, 0) is 25.2 Å². The molecule has 1 N–H and O–H groups in total. The van der Waals surface area contributed by atoms with Gasteiger partial charge in [-0.25, -0.2) is 13.8 Å². The lowest BCUT2D eigenvalue weighted by Crippen LogP contribution is -2.33. The lowest BCUT2D eigenvalue weighted by molar-refractivity contribution is -0.148. The van der Waals surface area contributed by atoms with Crippen molar-refractivity contribution in [1.82, 2.24) is 9.55 Å². The summed E-state index contributed by atoms with van der Waals surface area (Å²) in [5.74, 6) is -1.16. The summed E-state index contributed by atoms with van der Waals surface area (Å²) in [6.07, 6.45) is -2.15. The van der Waals surface area contributed by atoms with Gasteiger partial charge in [0.15, 0.2) is 6.17 Å². The van der Waals surface area contributed by atoms with Gasteiger partial charge in [0.05, 0.1) is 23.9 Å². The molecule has 0 saturated carbocycles. The summed E-state index contributed by atoms with van der Waals surface area (Å²) >= 11 is 0.983. The number of aliphatic hydroxyl groups excluding tert-OH is 1. The number of hydrogen-bond acceptors (Lipinski definition) is 9. The summed E-state index contributed by atoms with van der Waals surface area (Å²) in [6, 6.07) is 19.1. The molecule has 39 heavy (non-hydrogen) atoms. The third-order valence-electron chi connectivity index (χ3n) is 6.08. The fourth-order valence-corrected chi connectivity index (χ4v) is 7.39. The normalized spacial score (nSPS) is 23.1. The molecule has 12 heteroatoms. The van der Waals surface area contributed by atoms with Crippen LogP contribution in [0.15, 0.2) is 77.7 Å². The van der Waals surface area contributed by atoms with Crippen molar-refractivity contribution in [2.24, 2.45) is 5.92 Å². The molecular formula is C27H30FN2O7PS. The number of esters is 1. The number of hydrogen-bond donors (Lipinski definition) is 1. The van der Waals surface area contributed by atoms with Crippen LogP contribution in [0.5, 0.6) is 5.75 Å². The number of aromatic nitrogens is 2. The van der Waals surface area contributed by atoms with Gasteiger partial charge in [-0.1, -0.05) is 55.5 Å². The highest BCUT2D eigenvalue weighted by atomic mass is 32.2. The lowest BCUT2D eigenvalue weighted by Gasteiger charge is -2.24. The van der Waals surface area contributed by atoms with E-state index in [2.05, 4.69) is 4.98 Å². The van der Waals surface area contributed by atoms with Crippen LogP contribution in [0.4, 0.5) is 4.39 Å². The molecule has 2 heterocycles. The minimum atomic E-state index is -3.98. The molecule has 1 saturated heterocycles. The molecule has 1 aliphatic heterocycles. The van der Waals surface area contributed by atoms with Gasteiger partial charge in [-0.2, -0.15) is 4.98 Å². The average Bonchev–Trinajstić information content (AvgIpc) is 3.20. The van der Waals surface area contributed by atoms with Crippen molar-refractivity contribution in [2.75, 3.05) is 12.8 Å². The van der Waals surface area contributed by atoms with Crippen molar-refractivity contribution in [2.45, 2.75) is 43.4 Å². The molecule has 0 spiro atoms. The van der Waals surface area contributed by atoms with Crippen molar-refractivity contribution in [3.8, 4) is 5.75 Å². The number of alkyl halides is 1. The van der Waals surface area contributed by atoms with Crippen molar-refractivity contribution in [3.05, 3.63) is 94.7 Å². The van der Waals surface area contributed by atoms with E-state index in [1.165, 1.54) is 6.20 Å². The second-order valence-corrected chi connectivity index (χ2v) is 12.6. The highest BCUT2D eigenvalue weighted by molar-refractivity contribution is 8.00. The topological polar surface area (TPSA) is 117 Å². The molecule has 1 fully saturated rings. The molecule has 0 aliphatic carbocycles. The number of halogens is 1.